The van der Waals surface area contributed by atoms with Crippen LogP contribution >= 0.6 is 21.8 Å². The smallest absolute Gasteiger partial charge is 0.339 e. The topological polar surface area (TPSA) is 101 Å². The second-order valence-electron chi connectivity index (χ2n) is 4.44. The Hall–Kier alpha value is 0.630. The Balaban J connectivity index is 4.72. The van der Waals surface area contributed by atoms with E-state index < -0.39 is 28.1 Å². The van der Waals surface area contributed by atoms with Crippen LogP contribution in [0.25, 0.3) is 0 Å². The first-order valence-corrected chi connectivity index (χ1v) is 11.3. The van der Waals surface area contributed by atoms with Crippen LogP contribution in [-0.2, 0) is 4.57 Å². The maximum Gasteiger partial charge on any atom is 0.339 e. The standard InChI is InChI=1S/C7H20NO5P3/c1-14(2,9)5-8(6-15(3,4)10)7-16(11,12)13/h9-10H,1,3,5-7H2,2,4H3,(H2,11,12,13). The van der Waals surface area contributed by atoms with Crippen molar-refractivity contribution in [2.45, 2.75) is 0 Å². The molecule has 0 aromatic rings. The third-order valence-corrected chi connectivity index (χ3v) is 4.18. The molecule has 0 rings (SSSR count). The SMILES string of the molecule is C=P(C)(O)CN(CP(=C)(C)O)CP(=O)(O)O. The Morgan fingerprint density at radius 3 is 1.44 bits per heavy atom. The van der Waals surface area contributed by atoms with Gasteiger partial charge in [-0.05, 0) is 13.3 Å². The summed E-state index contributed by atoms with van der Waals surface area (Å²) in [5.74, 6) is 0. The monoisotopic (exact) mass is 291 g/mol. The molecule has 6 nitrogen and oxygen atoms in total. The van der Waals surface area contributed by atoms with E-state index >= 15 is 0 Å². The van der Waals surface area contributed by atoms with E-state index in [1.165, 1.54) is 18.2 Å². The molecule has 0 radical (unpaired) electrons. The van der Waals surface area contributed by atoms with E-state index in [1.54, 1.807) is 0 Å². The van der Waals surface area contributed by atoms with Crippen LogP contribution in [0.3, 0.4) is 0 Å². The van der Waals surface area contributed by atoms with Crippen molar-refractivity contribution in [3.63, 3.8) is 0 Å². The summed E-state index contributed by atoms with van der Waals surface area (Å²) in [6.45, 7) is 3.08. The lowest BCUT2D eigenvalue weighted by Gasteiger charge is -2.29. The minimum Gasteiger partial charge on any atom is -0.376 e. The van der Waals surface area contributed by atoms with Crippen LogP contribution < -0.4 is 0 Å². The fourth-order valence-corrected chi connectivity index (χ4v) is 4.57. The first kappa shape index (κ1) is 16.6. The minimum absolute atomic E-state index is 0.0732. The van der Waals surface area contributed by atoms with E-state index in [-0.39, 0.29) is 12.6 Å². The molecule has 0 bridgehead atoms. The van der Waals surface area contributed by atoms with Crippen molar-refractivity contribution in [2.75, 3.05) is 32.2 Å². The summed E-state index contributed by atoms with van der Waals surface area (Å²) >= 11 is 0. The van der Waals surface area contributed by atoms with Crippen molar-refractivity contribution >= 4 is 34.4 Å². The Kier molecular flexibility index (Phi) is 5.73. The van der Waals surface area contributed by atoms with Crippen molar-refractivity contribution < 1.29 is 24.1 Å². The van der Waals surface area contributed by atoms with Gasteiger partial charge in [-0.1, -0.05) is 12.6 Å². The van der Waals surface area contributed by atoms with Crippen molar-refractivity contribution in [1.29, 1.82) is 0 Å². The van der Waals surface area contributed by atoms with Gasteiger partial charge < -0.3 is 19.6 Å². The molecule has 98 valence electrons. The molecular formula is C7H20NO5P3. The molecule has 0 aromatic heterocycles. The molecule has 0 saturated carbocycles. The second kappa shape index (κ2) is 5.51. The van der Waals surface area contributed by atoms with Gasteiger partial charge in [0.15, 0.2) is 0 Å². The van der Waals surface area contributed by atoms with Gasteiger partial charge in [0.2, 0.25) is 0 Å². The number of rotatable bonds is 6. The highest BCUT2D eigenvalue weighted by Crippen LogP contribution is 2.45. The summed E-state index contributed by atoms with van der Waals surface area (Å²) in [4.78, 5) is 38.3. The van der Waals surface area contributed by atoms with E-state index in [9.17, 15) is 14.4 Å². The van der Waals surface area contributed by atoms with E-state index in [0.29, 0.717) is 0 Å². The molecule has 2 atom stereocenters. The average Bonchev–Trinajstić information content (AvgIpc) is 1.70. The number of hydrogen-bond acceptors (Lipinski definition) is 4. The summed E-state index contributed by atoms with van der Waals surface area (Å²) < 4.78 is 10.9. The van der Waals surface area contributed by atoms with Crippen LogP contribution in [-0.4, -0.2) is 69.3 Å². The third-order valence-electron chi connectivity index (χ3n) is 1.39. The van der Waals surface area contributed by atoms with Gasteiger partial charge in [0.25, 0.3) is 0 Å². The molecule has 0 amide bonds. The predicted octanol–water partition coefficient (Wildman–Crippen LogP) is 0.312. The molecular weight excluding hydrogens is 271 g/mol. The van der Waals surface area contributed by atoms with Gasteiger partial charge in [-0.15, -0.1) is 0 Å². The molecule has 0 aliphatic heterocycles. The van der Waals surface area contributed by atoms with Crippen LogP contribution in [0, 0.1) is 0 Å². The number of nitrogens with zero attached hydrogens (tertiary/aromatic N) is 1. The Bertz CT molecular complexity index is 307. The molecule has 0 aromatic carbocycles. The summed E-state index contributed by atoms with van der Waals surface area (Å²) in [7, 11) is -9.08. The van der Waals surface area contributed by atoms with Gasteiger partial charge in [-0.2, -0.15) is 0 Å². The lowest BCUT2D eigenvalue weighted by molar-refractivity contribution is 0.322. The van der Waals surface area contributed by atoms with Gasteiger partial charge in [0.1, 0.15) is 6.29 Å². The molecule has 0 fully saturated rings. The third kappa shape index (κ3) is 11.1. The first-order chi connectivity index (χ1) is 6.79. The Labute approximate surface area is 96.2 Å². The summed E-state index contributed by atoms with van der Waals surface area (Å²) in [5, 5.41) is 0. The van der Waals surface area contributed by atoms with E-state index in [0.717, 1.165) is 0 Å². The maximum atomic E-state index is 10.9. The van der Waals surface area contributed by atoms with Crippen molar-refractivity contribution in [3.05, 3.63) is 0 Å². The van der Waals surface area contributed by atoms with Crippen molar-refractivity contribution in [3.8, 4) is 0 Å². The average molecular weight is 291 g/mol. The first-order valence-electron chi connectivity index (χ1n) is 4.41. The molecule has 0 heterocycles. The predicted molar refractivity (Wildman–Crippen MR) is 72.9 cm³/mol. The van der Waals surface area contributed by atoms with Crippen LogP contribution in [0.1, 0.15) is 0 Å². The van der Waals surface area contributed by atoms with Gasteiger partial charge in [0.05, 0.1) is 0 Å². The summed E-state index contributed by atoms with van der Waals surface area (Å²) in [6, 6.07) is 0. The fourth-order valence-electron chi connectivity index (χ4n) is 1.26. The molecule has 2 unspecified atom stereocenters. The molecule has 0 spiro atoms. The molecule has 16 heavy (non-hydrogen) atoms. The lowest BCUT2D eigenvalue weighted by atomic mass is 11.0. The summed E-state index contributed by atoms with van der Waals surface area (Å²) in [5.41, 5.74) is 0. The van der Waals surface area contributed by atoms with Crippen LogP contribution in [0.4, 0.5) is 0 Å². The molecule has 0 aliphatic carbocycles. The quantitative estimate of drug-likeness (QED) is 0.526. The maximum absolute atomic E-state index is 10.9. The minimum atomic E-state index is -4.21. The highest BCUT2D eigenvalue weighted by Gasteiger charge is 2.23. The zero-order chi connectivity index (χ0) is 13.2. The van der Waals surface area contributed by atoms with Crippen LogP contribution in [0.5, 0.6) is 0 Å². The van der Waals surface area contributed by atoms with Crippen molar-refractivity contribution in [2.24, 2.45) is 0 Å². The molecule has 0 aliphatic rings. The second-order valence-corrected chi connectivity index (χ2v) is 12.0. The Morgan fingerprint density at radius 1 is 0.938 bits per heavy atom. The molecule has 9 heteroatoms. The normalized spacial score (nSPS) is 20.4. The van der Waals surface area contributed by atoms with Crippen LogP contribution in [0.2, 0.25) is 0 Å². The Morgan fingerprint density at radius 2 is 1.25 bits per heavy atom. The van der Waals surface area contributed by atoms with Gasteiger partial charge in [-0.3, -0.25) is 9.46 Å². The van der Waals surface area contributed by atoms with E-state index in [1.807, 2.05) is 0 Å². The molecule has 4 N–H and O–H groups in total. The lowest BCUT2D eigenvalue weighted by Crippen LogP contribution is -2.27. The van der Waals surface area contributed by atoms with Gasteiger partial charge in [-0.25, -0.2) is 0 Å². The van der Waals surface area contributed by atoms with E-state index in [4.69, 9.17) is 9.79 Å². The summed E-state index contributed by atoms with van der Waals surface area (Å²) in [6.07, 6.45) is 6.76. The van der Waals surface area contributed by atoms with Crippen molar-refractivity contribution in [1.82, 2.24) is 4.90 Å². The fraction of sp³-hybridized carbons (Fsp3) is 0.714. The van der Waals surface area contributed by atoms with Crippen LogP contribution in [0.15, 0.2) is 0 Å². The number of hydrogen-bond donors (Lipinski definition) is 4. The zero-order valence-corrected chi connectivity index (χ0v) is 12.2. The van der Waals surface area contributed by atoms with Gasteiger partial charge >= 0.3 is 7.60 Å². The largest absolute Gasteiger partial charge is 0.376 e. The van der Waals surface area contributed by atoms with E-state index in [2.05, 4.69) is 12.6 Å². The molecule has 0 saturated heterocycles. The highest BCUT2D eigenvalue weighted by molar-refractivity contribution is 7.68. The van der Waals surface area contributed by atoms with Gasteiger partial charge in [0, 0.05) is 26.8 Å². The highest BCUT2D eigenvalue weighted by atomic mass is 31.2. The zero-order valence-electron chi connectivity index (χ0n) is 9.52.